The quantitative estimate of drug-likeness (QED) is 0.393. The maximum atomic E-state index is 10.9. The second kappa shape index (κ2) is 6.34. The molecule has 1 heterocycles. The predicted molar refractivity (Wildman–Crippen MR) is 44.3 cm³/mol. The SMILES string of the molecule is CCS(=O)(=O)OC1CNCCO1.[H-].[Na+]. The van der Waals surface area contributed by atoms with E-state index < -0.39 is 16.4 Å². The molecule has 0 aliphatic carbocycles. The number of rotatable bonds is 3. The molecular formula is C6H14NNaO4S. The van der Waals surface area contributed by atoms with Crippen molar-refractivity contribution in [2.45, 2.75) is 13.2 Å². The average molecular weight is 219 g/mol. The second-order valence-electron chi connectivity index (χ2n) is 2.45. The van der Waals surface area contributed by atoms with Gasteiger partial charge in [0.25, 0.3) is 10.1 Å². The molecule has 0 radical (unpaired) electrons. The van der Waals surface area contributed by atoms with Gasteiger partial charge in [-0.1, -0.05) is 0 Å². The first-order valence-electron chi connectivity index (χ1n) is 3.87. The molecule has 1 aliphatic heterocycles. The van der Waals surface area contributed by atoms with Crippen molar-refractivity contribution in [3.05, 3.63) is 0 Å². The Bertz CT molecular complexity index is 230. The first-order valence-corrected chi connectivity index (χ1v) is 5.45. The van der Waals surface area contributed by atoms with E-state index in [0.29, 0.717) is 13.2 Å². The summed E-state index contributed by atoms with van der Waals surface area (Å²) in [6, 6.07) is 0. The van der Waals surface area contributed by atoms with E-state index >= 15 is 0 Å². The van der Waals surface area contributed by atoms with Crippen LogP contribution in [0.3, 0.4) is 0 Å². The Morgan fingerprint density at radius 3 is 2.85 bits per heavy atom. The molecule has 1 saturated heterocycles. The summed E-state index contributed by atoms with van der Waals surface area (Å²) >= 11 is 0. The van der Waals surface area contributed by atoms with E-state index in [9.17, 15) is 8.42 Å². The molecule has 13 heavy (non-hydrogen) atoms. The minimum absolute atomic E-state index is 0. The summed E-state index contributed by atoms with van der Waals surface area (Å²) in [5, 5.41) is 2.97. The zero-order valence-electron chi connectivity index (χ0n) is 8.95. The largest absolute Gasteiger partial charge is 1.00 e. The number of nitrogens with one attached hydrogen (secondary N) is 1. The van der Waals surface area contributed by atoms with Gasteiger partial charge < -0.3 is 11.5 Å². The monoisotopic (exact) mass is 219 g/mol. The molecule has 0 saturated carbocycles. The number of morpholine rings is 1. The Morgan fingerprint density at radius 1 is 1.69 bits per heavy atom. The van der Waals surface area contributed by atoms with Crippen molar-refractivity contribution in [2.24, 2.45) is 0 Å². The van der Waals surface area contributed by atoms with Gasteiger partial charge in [-0.2, -0.15) is 8.42 Å². The van der Waals surface area contributed by atoms with Gasteiger partial charge in [0.05, 0.1) is 12.4 Å². The third-order valence-electron chi connectivity index (χ3n) is 1.50. The maximum Gasteiger partial charge on any atom is 1.00 e. The molecule has 1 N–H and O–H groups in total. The minimum atomic E-state index is -3.38. The van der Waals surface area contributed by atoms with E-state index in [2.05, 4.69) is 5.32 Å². The first kappa shape index (κ1) is 13.8. The van der Waals surface area contributed by atoms with Gasteiger partial charge in [0.2, 0.25) is 0 Å². The molecule has 0 amide bonds. The van der Waals surface area contributed by atoms with Crippen LogP contribution in [-0.2, 0) is 19.0 Å². The summed E-state index contributed by atoms with van der Waals surface area (Å²) in [7, 11) is -3.38. The van der Waals surface area contributed by atoms with E-state index in [-0.39, 0.29) is 36.7 Å². The van der Waals surface area contributed by atoms with Crippen molar-refractivity contribution in [1.82, 2.24) is 5.32 Å². The normalized spacial score (nSPS) is 23.6. The first-order chi connectivity index (χ1) is 5.64. The zero-order chi connectivity index (χ0) is 9.03. The third-order valence-corrected chi connectivity index (χ3v) is 2.72. The molecule has 1 atom stereocenters. The van der Waals surface area contributed by atoms with Crippen LogP contribution in [-0.4, -0.2) is 40.2 Å². The maximum absolute atomic E-state index is 10.9. The smallest absolute Gasteiger partial charge is 1.00 e. The van der Waals surface area contributed by atoms with Gasteiger partial charge in [-0.15, -0.1) is 0 Å². The van der Waals surface area contributed by atoms with Crippen LogP contribution in [0.4, 0.5) is 0 Å². The van der Waals surface area contributed by atoms with Crippen molar-refractivity contribution in [3.8, 4) is 0 Å². The second-order valence-corrected chi connectivity index (χ2v) is 4.33. The third kappa shape index (κ3) is 5.31. The van der Waals surface area contributed by atoms with Crippen LogP contribution in [0.15, 0.2) is 0 Å². The Labute approximate surface area is 102 Å². The number of ether oxygens (including phenoxy) is 1. The molecule has 0 aromatic carbocycles. The summed E-state index contributed by atoms with van der Waals surface area (Å²) < 4.78 is 31.6. The van der Waals surface area contributed by atoms with Crippen LogP contribution < -0.4 is 34.9 Å². The molecule has 0 bridgehead atoms. The molecule has 1 unspecified atom stereocenters. The van der Waals surface area contributed by atoms with Crippen LogP contribution in [0.5, 0.6) is 0 Å². The Kier molecular flexibility index (Phi) is 6.74. The summed E-state index contributed by atoms with van der Waals surface area (Å²) in [6.45, 7) is 3.20. The topological polar surface area (TPSA) is 64.6 Å². The Morgan fingerprint density at radius 2 is 2.38 bits per heavy atom. The van der Waals surface area contributed by atoms with Crippen LogP contribution >= 0.6 is 0 Å². The van der Waals surface area contributed by atoms with Crippen LogP contribution in [0.2, 0.25) is 0 Å². The fourth-order valence-corrected chi connectivity index (χ4v) is 1.42. The van der Waals surface area contributed by atoms with Gasteiger partial charge in [0.15, 0.2) is 6.29 Å². The van der Waals surface area contributed by atoms with Crippen LogP contribution in [0.1, 0.15) is 8.35 Å². The van der Waals surface area contributed by atoms with Gasteiger partial charge in [0.1, 0.15) is 0 Å². The van der Waals surface area contributed by atoms with E-state index in [0.717, 1.165) is 6.54 Å². The molecule has 7 heteroatoms. The standard InChI is InChI=1S/C6H13NO4S.Na.H/c1-2-12(8,9)11-6-5-7-3-4-10-6;;/h6-7H,2-5H2,1H3;;/q;+1;-1. The minimum Gasteiger partial charge on any atom is -1.00 e. The van der Waals surface area contributed by atoms with E-state index in [4.69, 9.17) is 8.92 Å². The molecule has 5 nitrogen and oxygen atoms in total. The predicted octanol–water partition coefficient (Wildman–Crippen LogP) is -3.58. The fraction of sp³-hybridized carbons (Fsp3) is 1.00. The van der Waals surface area contributed by atoms with E-state index in [1.807, 2.05) is 0 Å². The molecule has 74 valence electrons. The van der Waals surface area contributed by atoms with E-state index in [1.54, 1.807) is 0 Å². The van der Waals surface area contributed by atoms with Crippen molar-refractivity contribution in [3.63, 3.8) is 0 Å². The van der Waals surface area contributed by atoms with Crippen molar-refractivity contribution in [1.29, 1.82) is 0 Å². The number of hydrogen-bond donors (Lipinski definition) is 1. The Balaban J connectivity index is 0. The molecule has 1 rings (SSSR count). The molecule has 0 spiro atoms. The summed E-state index contributed by atoms with van der Waals surface area (Å²) in [5.41, 5.74) is 0. The summed E-state index contributed by atoms with van der Waals surface area (Å²) in [5.74, 6) is -0.0210. The molecule has 0 aromatic heterocycles. The molecule has 1 aliphatic rings. The van der Waals surface area contributed by atoms with Crippen LogP contribution in [0, 0.1) is 0 Å². The van der Waals surface area contributed by atoms with Gasteiger partial charge >= 0.3 is 29.6 Å². The molecular weight excluding hydrogens is 205 g/mol. The van der Waals surface area contributed by atoms with Gasteiger partial charge in [0, 0.05) is 13.1 Å². The van der Waals surface area contributed by atoms with Gasteiger partial charge in [-0.05, 0) is 6.92 Å². The van der Waals surface area contributed by atoms with Crippen molar-refractivity contribution in [2.75, 3.05) is 25.4 Å². The fourth-order valence-electron chi connectivity index (χ4n) is 0.835. The van der Waals surface area contributed by atoms with Gasteiger partial charge in [-0.25, -0.2) is 4.18 Å². The van der Waals surface area contributed by atoms with Crippen molar-refractivity contribution < 1.29 is 48.3 Å². The van der Waals surface area contributed by atoms with E-state index in [1.165, 1.54) is 6.92 Å². The summed E-state index contributed by atoms with van der Waals surface area (Å²) in [4.78, 5) is 0. The van der Waals surface area contributed by atoms with Gasteiger partial charge in [-0.3, -0.25) is 0 Å². The number of hydrogen-bond acceptors (Lipinski definition) is 5. The average Bonchev–Trinajstić information content (AvgIpc) is 2.06. The molecule has 1 fully saturated rings. The zero-order valence-corrected chi connectivity index (χ0v) is 10.8. The van der Waals surface area contributed by atoms with Crippen molar-refractivity contribution >= 4 is 10.1 Å². The van der Waals surface area contributed by atoms with Crippen LogP contribution in [0.25, 0.3) is 0 Å². The molecule has 0 aromatic rings. The summed E-state index contributed by atoms with van der Waals surface area (Å²) in [6.07, 6.45) is -0.649. The Hall–Kier alpha value is 0.830.